The number of imidazole rings is 1. The Morgan fingerprint density at radius 2 is 1.90 bits per heavy atom. The smallest absolute Gasteiger partial charge is 0.304 e. The monoisotopic (exact) mass is 439 g/mol. The maximum absolute atomic E-state index is 14.6. The number of carbonyl (C=O) groups is 1. The summed E-state index contributed by atoms with van der Waals surface area (Å²) in [6.45, 7) is 1.50. The van der Waals surface area contributed by atoms with Crippen LogP contribution in [0.1, 0.15) is 57.1 Å². The zero-order chi connectivity index (χ0) is 22.3. The van der Waals surface area contributed by atoms with E-state index in [4.69, 9.17) is 0 Å². The van der Waals surface area contributed by atoms with Crippen molar-refractivity contribution in [2.45, 2.75) is 63.8 Å². The molecule has 11 heteroatoms. The molecule has 0 bridgehead atoms. The van der Waals surface area contributed by atoms with Crippen molar-refractivity contribution in [3.05, 3.63) is 23.5 Å². The third-order valence-corrected chi connectivity index (χ3v) is 5.21. The van der Waals surface area contributed by atoms with Crippen molar-refractivity contribution >= 4 is 22.9 Å². The van der Waals surface area contributed by atoms with Gasteiger partial charge in [-0.3, -0.25) is 10.1 Å². The second-order valence-corrected chi connectivity index (χ2v) is 7.73. The summed E-state index contributed by atoms with van der Waals surface area (Å²) in [5.74, 6) is -2.39. The van der Waals surface area contributed by atoms with Crippen LogP contribution in [0.15, 0.2) is 12.1 Å². The van der Waals surface area contributed by atoms with E-state index in [2.05, 4.69) is 10.3 Å². The van der Waals surface area contributed by atoms with Gasteiger partial charge in [0.15, 0.2) is 0 Å². The number of aromatic nitrogens is 2. The fourth-order valence-electron chi connectivity index (χ4n) is 3.44. The number of rotatable bonds is 6. The number of anilines is 1. The first-order chi connectivity index (χ1) is 13.8. The number of amides is 1. The first kappa shape index (κ1) is 22.4. The molecular formula is C19H20F7N3O. The first-order valence-corrected chi connectivity index (χ1v) is 9.50. The van der Waals surface area contributed by atoms with E-state index in [-0.39, 0.29) is 35.9 Å². The average molecular weight is 439 g/mol. The van der Waals surface area contributed by atoms with Gasteiger partial charge in [0.1, 0.15) is 11.3 Å². The normalized spacial score (nSPS) is 16.5. The van der Waals surface area contributed by atoms with Crippen molar-refractivity contribution in [2.24, 2.45) is 5.92 Å². The van der Waals surface area contributed by atoms with Crippen molar-refractivity contribution in [3.63, 3.8) is 0 Å². The number of nitrogens with zero attached hydrogens (tertiary/aromatic N) is 2. The van der Waals surface area contributed by atoms with E-state index < -0.39 is 42.0 Å². The number of fused-ring (bicyclic) bond motifs is 1. The molecule has 1 saturated carbocycles. The van der Waals surface area contributed by atoms with E-state index in [1.165, 1.54) is 11.5 Å². The number of carbonyl (C=O) groups excluding carboxylic acids is 1. The Hall–Kier alpha value is -2.33. The molecule has 0 saturated heterocycles. The van der Waals surface area contributed by atoms with Crippen LogP contribution in [-0.2, 0) is 11.0 Å². The second-order valence-electron chi connectivity index (χ2n) is 7.73. The van der Waals surface area contributed by atoms with Gasteiger partial charge in [0.25, 0.3) is 0 Å². The molecule has 1 fully saturated rings. The summed E-state index contributed by atoms with van der Waals surface area (Å²) >= 11 is 0. The minimum Gasteiger partial charge on any atom is -0.304 e. The fourth-order valence-corrected chi connectivity index (χ4v) is 3.44. The van der Waals surface area contributed by atoms with Crippen LogP contribution in [0.3, 0.4) is 0 Å². The molecular weight excluding hydrogens is 419 g/mol. The van der Waals surface area contributed by atoms with E-state index in [1.54, 1.807) is 0 Å². The van der Waals surface area contributed by atoms with Crippen LogP contribution < -0.4 is 5.32 Å². The lowest BCUT2D eigenvalue weighted by Crippen LogP contribution is -2.23. The van der Waals surface area contributed by atoms with E-state index in [0.29, 0.717) is 18.9 Å². The quantitative estimate of drug-likeness (QED) is 0.543. The van der Waals surface area contributed by atoms with E-state index in [9.17, 15) is 35.5 Å². The summed E-state index contributed by atoms with van der Waals surface area (Å²) in [6.07, 6.45) is -8.42. The molecule has 1 aliphatic rings. The summed E-state index contributed by atoms with van der Waals surface area (Å²) in [5.41, 5.74) is -1.56. The van der Waals surface area contributed by atoms with Crippen LogP contribution in [0.25, 0.3) is 11.0 Å². The lowest BCUT2D eigenvalue weighted by atomic mass is 9.92. The van der Waals surface area contributed by atoms with Crippen molar-refractivity contribution in [1.29, 1.82) is 0 Å². The van der Waals surface area contributed by atoms with Crippen LogP contribution in [0, 0.1) is 11.7 Å². The molecule has 1 aromatic carbocycles. The van der Waals surface area contributed by atoms with E-state index in [0.717, 1.165) is 12.5 Å². The molecule has 1 atom stereocenters. The summed E-state index contributed by atoms with van der Waals surface area (Å²) in [6, 6.07) is 0.887. The Balaban J connectivity index is 1.85. The van der Waals surface area contributed by atoms with Gasteiger partial charge in [0.2, 0.25) is 11.9 Å². The van der Waals surface area contributed by atoms with Gasteiger partial charge in [-0.25, -0.2) is 9.37 Å². The zero-order valence-corrected chi connectivity index (χ0v) is 16.0. The molecule has 1 N–H and O–H groups in total. The SMILES string of the molecule is C[C@@H](CCC(F)(F)F)CC(=O)Nc1nc2cc(C(F)(F)F)cc(F)c2n1C1CCC1. The van der Waals surface area contributed by atoms with Gasteiger partial charge in [-0.15, -0.1) is 0 Å². The van der Waals surface area contributed by atoms with Crippen molar-refractivity contribution in [1.82, 2.24) is 9.55 Å². The number of halogens is 7. The zero-order valence-electron chi connectivity index (χ0n) is 16.0. The van der Waals surface area contributed by atoms with Crippen LogP contribution in [0.4, 0.5) is 36.7 Å². The van der Waals surface area contributed by atoms with Gasteiger partial charge in [-0.2, -0.15) is 26.3 Å². The number of nitrogens with one attached hydrogen (secondary N) is 1. The highest BCUT2D eigenvalue weighted by molar-refractivity contribution is 5.92. The largest absolute Gasteiger partial charge is 0.416 e. The van der Waals surface area contributed by atoms with Gasteiger partial charge in [-0.1, -0.05) is 6.92 Å². The summed E-state index contributed by atoms with van der Waals surface area (Å²) < 4.78 is 91.9. The summed E-state index contributed by atoms with van der Waals surface area (Å²) in [7, 11) is 0. The standard InChI is InChI=1S/C19H20F7N3O/c1-10(5-6-18(21,22)23)7-15(30)28-17-27-14-9-11(19(24,25)26)8-13(20)16(14)29(17)12-3-2-4-12/h8-10,12H,2-7H2,1H3,(H,27,28,30)/t10-/m0/s1. The van der Waals surface area contributed by atoms with Gasteiger partial charge in [-0.05, 0) is 43.7 Å². The molecule has 1 amide bonds. The molecule has 2 aromatic rings. The number of hydrogen-bond acceptors (Lipinski definition) is 2. The Morgan fingerprint density at radius 3 is 2.43 bits per heavy atom. The molecule has 1 heterocycles. The molecule has 1 aliphatic carbocycles. The molecule has 0 spiro atoms. The third kappa shape index (κ3) is 5.04. The molecule has 1 aromatic heterocycles. The number of benzene rings is 1. The molecule has 0 aliphatic heterocycles. The van der Waals surface area contributed by atoms with Crippen molar-refractivity contribution in [3.8, 4) is 0 Å². The Morgan fingerprint density at radius 1 is 1.23 bits per heavy atom. The maximum atomic E-state index is 14.6. The topological polar surface area (TPSA) is 46.9 Å². The minimum atomic E-state index is -4.76. The fraction of sp³-hybridized carbons (Fsp3) is 0.579. The third-order valence-electron chi connectivity index (χ3n) is 5.21. The van der Waals surface area contributed by atoms with Crippen LogP contribution in [0.5, 0.6) is 0 Å². The molecule has 3 rings (SSSR count). The first-order valence-electron chi connectivity index (χ1n) is 9.50. The Labute approximate surface area is 167 Å². The highest BCUT2D eigenvalue weighted by atomic mass is 19.4. The van der Waals surface area contributed by atoms with Crippen LogP contribution >= 0.6 is 0 Å². The highest BCUT2D eigenvalue weighted by Crippen LogP contribution is 2.40. The van der Waals surface area contributed by atoms with Crippen LogP contribution in [0.2, 0.25) is 0 Å². The van der Waals surface area contributed by atoms with Gasteiger partial charge in [0, 0.05) is 18.9 Å². The summed E-state index contributed by atoms with van der Waals surface area (Å²) in [5, 5.41) is 2.45. The van der Waals surface area contributed by atoms with Crippen molar-refractivity contribution < 1.29 is 35.5 Å². The van der Waals surface area contributed by atoms with Gasteiger partial charge in [0.05, 0.1) is 11.1 Å². The molecule has 4 nitrogen and oxygen atoms in total. The predicted octanol–water partition coefficient (Wildman–Crippen LogP) is 6.23. The van der Waals surface area contributed by atoms with E-state index in [1.807, 2.05) is 0 Å². The van der Waals surface area contributed by atoms with Crippen LogP contribution in [-0.4, -0.2) is 21.6 Å². The molecule has 0 radical (unpaired) electrons. The Kier molecular flexibility index (Phi) is 6.01. The number of hydrogen-bond donors (Lipinski definition) is 1. The molecule has 166 valence electrons. The van der Waals surface area contributed by atoms with E-state index >= 15 is 0 Å². The minimum absolute atomic E-state index is 0.0963. The Bertz CT molecular complexity index is 929. The highest BCUT2D eigenvalue weighted by Gasteiger charge is 2.34. The second kappa shape index (κ2) is 8.07. The lowest BCUT2D eigenvalue weighted by Gasteiger charge is -2.29. The summed E-state index contributed by atoms with van der Waals surface area (Å²) in [4.78, 5) is 16.3. The van der Waals surface area contributed by atoms with Gasteiger partial charge >= 0.3 is 12.4 Å². The molecule has 30 heavy (non-hydrogen) atoms. The maximum Gasteiger partial charge on any atom is 0.416 e. The predicted molar refractivity (Wildman–Crippen MR) is 95.3 cm³/mol. The van der Waals surface area contributed by atoms with Gasteiger partial charge < -0.3 is 4.57 Å². The number of alkyl halides is 6. The molecule has 0 unspecified atom stereocenters. The average Bonchev–Trinajstić information content (AvgIpc) is 2.88. The van der Waals surface area contributed by atoms with Crippen molar-refractivity contribution in [2.75, 3.05) is 5.32 Å². The lowest BCUT2D eigenvalue weighted by molar-refractivity contribution is -0.138.